The molecule has 2 aromatic rings. The highest BCUT2D eigenvalue weighted by atomic mass is 35.5. The summed E-state index contributed by atoms with van der Waals surface area (Å²) in [6.07, 6.45) is 3.23. The van der Waals surface area contributed by atoms with Crippen molar-refractivity contribution >= 4 is 40.7 Å². The number of fused-ring (bicyclic) bond motifs is 1. The van der Waals surface area contributed by atoms with Gasteiger partial charge in [0.25, 0.3) is 5.91 Å². The Balaban J connectivity index is 1.75. The number of benzene rings is 2. The minimum Gasteiger partial charge on any atom is -0.369 e. The summed E-state index contributed by atoms with van der Waals surface area (Å²) in [6.45, 7) is 4.05. The van der Waals surface area contributed by atoms with Crippen LogP contribution in [0.5, 0.6) is 0 Å². The van der Waals surface area contributed by atoms with Crippen LogP contribution >= 0.6 is 11.6 Å². The molecule has 196 valence electrons. The number of hydrogen-bond donors (Lipinski definition) is 2. The van der Waals surface area contributed by atoms with Crippen LogP contribution in [0.2, 0.25) is 5.02 Å². The summed E-state index contributed by atoms with van der Waals surface area (Å²) < 4.78 is 0. The summed E-state index contributed by atoms with van der Waals surface area (Å²) in [5.41, 5.74) is 7.87. The van der Waals surface area contributed by atoms with E-state index in [1.807, 2.05) is 50.2 Å². The van der Waals surface area contributed by atoms with Crippen molar-refractivity contribution in [1.82, 2.24) is 5.32 Å². The molecule has 0 radical (unpaired) electrons. The van der Waals surface area contributed by atoms with Gasteiger partial charge in [0, 0.05) is 23.2 Å². The van der Waals surface area contributed by atoms with Crippen LogP contribution in [0, 0.1) is 17.3 Å². The molecule has 0 bridgehead atoms. The van der Waals surface area contributed by atoms with Crippen LogP contribution in [-0.4, -0.2) is 36.6 Å². The maximum Gasteiger partial charge on any atom is 0.272 e. The fourth-order valence-corrected chi connectivity index (χ4v) is 5.82. The van der Waals surface area contributed by atoms with Crippen LogP contribution in [0.3, 0.4) is 0 Å². The number of benzodiazepines with no additional fused rings is 1. The molecule has 3 N–H and O–H groups in total. The normalized spacial score (nSPS) is 20.0. The average Bonchev–Trinajstić information content (AvgIpc) is 2.98. The molecule has 1 heterocycles. The second-order valence-electron chi connectivity index (χ2n) is 10.6. The molecule has 3 amide bonds. The third-order valence-corrected chi connectivity index (χ3v) is 7.92. The summed E-state index contributed by atoms with van der Waals surface area (Å²) >= 11 is 6.12. The van der Waals surface area contributed by atoms with Gasteiger partial charge >= 0.3 is 0 Å². The number of carbonyl (C=O) groups excluding carboxylic acids is 3. The van der Waals surface area contributed by atoms with Crippen molar-refractivity contribution in [3.63, 3.8) is 0 Å². The highest BCUT2D eigenvalue weighted by molar-refractivity contribution is 6.30. The van der Waals surface area contributed by atoms with Gasteiger partial charge in [-0.2, -0.15) is 0 Å². The molecule has 2 aliphatic rings. The maximum absolute atomic E-state index is 13.9. The Morgan fingerprint density at radius 1 is 1.11 bits per heavy atom. The zero-order chi connectivity index (χ0) is 26.7. The van der Waals surface area contributed by atoms with Gasteiger partial charge in [0.2, 0.25) is 18.0 Å². The van der Waals surface area contributed by atoms with Crippen LogP contribution in [0.25, 0.3) is 0 Å². The average molecular weight is 523 g/mol. The molecule has 8 heteroatoms. The number of hydrogen-bond acceptors (Lipinski definition) is 4. The Hall–Kier alpha value is -3.19. The lowest BCUT2D eigenvalue weighted by atomic mass is 9.63. The molecule has 1 fully saturated rings. The van der Waals surface area contributed by atoms with E-state index in [1.165, 1.54) is 4.90 Å². The standard InChI is InChI=1S/C29H35ClN4O3/c1-18(2)17-22(29(28(31)37)15-7-4-8-16-29)26(35)33-25-27(36)34(3)23-10-6-5-9-21(23)24(32-25)19-11-13-20(30)14-12-19/h5-6,9-14,18,22,25H,4,7-8,15-17H2,1-3H3,(H2,31,37)(H,33,35). The number of nitrogens with zero attached hydrogens (tertiary/aromatic N) is 2. The highest BCUT2D eigenvalue weighted by Gasteiger charge is 2.49. The lowest BCUT2D eigenvalue weighted by Crippen LogP contribution is -2.54. The van der Waals surface area contributed by atoms with Gasteiger partial charge < -0.3 is 16.0 Å². The Morgan fingerprint density at radius 3 is 2.38 bits per heavy atom. The molecule has 1 aliphatic heterocycles. The Bertz CT molecular complexity index is 1200. The van der Waals surface area contributed by atoms with Gasteiger partial charge in [-0.25, -0.2) is 4.99 Å². The van der Waals surface area contributed by atoms with Crippen molar-refractivity contribution in [3.8, 4) is 0 Å². The Morgan fingerprint density at radius 2 is 1.76 bits per heavy atom. The lowest BCUT2D eigenvalue weighted by molar-refractivity contribution is -0.144. The van der Waals surface area contributed by atoms with Gasteiger partial charge in [-0.15, -0.1) is 0 Å². The number of anilines is 1. The first-order valence-corrected chi connectivity index (χ1v) is 13.3. The van der Waals surface area contributed by atoms with Crippen molar-refractivity contribution in [1.29, 1.82) is 0 Å². The highest BCUT2D eigenvalue weighted by Crippen LogP contribution is 2.45. The first-order valence-electron chi connectivity index (χ1n) is 12.9. The SMILES string of the molecule is CC(C)CC(C(=O)NC1N=C(c2ccc(Cl)cc2)c2ccccc2N(C)C1=O)C1(C(N)=O)CCCCC1. The minimum absolute atomic E-state index is 0.166. The number of nitrogens with one attached hydrogen (secondary N) is 1. The lowest BCUT2D eigenvalue weighted by Gasteiger charge is -2.41. The number of aliphatic imine (C=N–C) groups is 1. The van der Waals surface area contributed by atoms with E-state index in [9.17, 15) is 14.4 Å². The quantitative estimate of drug-likeness (QED) is 0.550. The van der Waals surface area contributed by atoms with Crippen LogP contribution < -0.4 is 16.0 Å². The Kier molecular flexibility index (Phi) is 8.02. The molecular formula is C29H35ClN4O3. The van der Waals surface area contributed by atoms with Crippen molar-refractivity contribution < 1.29 is 14.4 Å². The summed E-state index contributed by atoms with van der Waals surface area (Å²) in [7, 11) is 1.68. The van der Waals surface area contributed by atoms with E-state index in [0.717, 1.165) is 30.4 Å². The zero-order valence-electron chi connectivity index (χ0n) is 21.7. The number of halogens is 1. The van der Waals surface area contributed by atoms with Crippen molar-refractivity contribution in [2.45, 2.75) is 58.5 Å². The van der Waals surface area contributed by atoms with Crippen LogP contribution in [0.1, 0.15) is 63.5 Å². The number of likely N-dealkylation sites (N-methyl/N-ethyl adjacent to an activating group) is 1. The van der Waals surface area contributed by atoms with Gasteiger partial charge in [0.05, 0.1) is 22.7 Å². The van der Waals surface area contributed by atoms with Crippen LogP contribution in [0.4, 0.5) is 5.69 Å². The number of para-hydroxylation sites is 1. The molecule has 1 saturated carbocycles. The predicted octanol–water partition coefficient (Wildman–Crippen LogP) is 4.69. The molecule has 0 spiro atoms. The number of nitrogens with two attached hydrogens (primary N) is 1. The van der Waals surface area contributed by atoms with Crippen LogP contribution in [0.15, 0.2) is 53.5 Å². The molecule has 7 nitrogen and oxygen atoms in total. The number of primary amides is 1. The van der Waals surface area contributed by atoms with E-state index in [0.29, 0.717) is 35.7 Å². The number of rotatable bonds is 7. The summed E-state index contributed by atoms with van der Waals surface area (Å²) in [5.74, 6) is -1.62. The largest absolute Gasteiger partial charge is 0.369 e. The van der Waals surface area contributed by atoms with Crippen molar-refractivity contribution in [3.05, 3.63) is 64.7 Å². The second-order valence-corrected chi connectivity index (χ2v) is 11.0. The third kappa shape index (κ3) is 5.42. The zero-order valence-corrected chi connectivity index (χ0v) is 22.4. The van der Waals surface area contributed by atoms with Gasteiger partial charge in [-0.3, -0.25) is 14.4 Å². The number of amides is 3. The van der Waals surface area contributed by atoms with E-state index in [-0.39, 0.29) is 17.7 Å². The van der Waals surface area contributed by atoms with Crippen molar-refractivity contribution in [2.24, 2.45) is 28.0 Å². The molecule has 1 aliphatic carbocycles. The monoisotopic (exact) mass is 522 g/mol. The van der Waals surface area contributed by atoms with Gasteiger partial charge in [-0.05, 0) is 43.4 Å². The topological polar surface area (TPSA) is 105 Å². The maximum atomic E-state index is 13.9. The molecule has 37 heavy (non-hydrogen) atoms. The fourth-order valence-electron chi connectivity index (χ4n) is 5.69. The molecule has 2 atom stereocenters. The predicted molar refractivity (Wildman–Crippen MR) is 147 cm³/mol. The van der Waals surface area contributed by atoms with Gasteiger partial charge in [-0.1, -0.05) is 75.0 Å². The van der Waals surface area contributed by atoms with E-state index in [1.54, 1.807) is 19.2 Å². The van der Waals surface area contributed by atoms with E-state index < -0.39 is 23.4 Å². The van der Waals surface area contributed by atoms with Gasteiger partial charge in [0.1, 0.15) is 0 Å². The number of carbonyl (C=O) groups is 3. The smallest absolute Gasteiger partial charge is 0.272 e. The van der Waals surface area contributed by atoms with Crippen LogP contribution in [-0.2, 0) is 14.4 Å². The molecule has 2 aromatic carbocycles. The molecular weight excluding hydrogens is 488 g/mol. The molecule has 2 unspecified atom stereocenters. The molecule has 4 rings (SSSR count). The summed E-state index contributed by atoms with van der Waals surface area (Å²) in [4.78, 5) is 46.6. The molecule has 0 saturated heterocycles. The minimum atomic E-state index is -1.15. The van der Waals surface area contributed by atoms with Gasteiger partial charge in [0.15, 0.2) is 0 Å². The van der Waals surface area contributed by atoms with E-state index >= 15 is 0 Å². The second kappa shape index (κ2) is 11.1. The van der Waals surface area contributed by atoms with Crippen molar-refractivity contribution in [2.75, 3.05) is 11.9 Å². The first kappa shape index (κ1) is 26.9. The Labute approximate surface area is 223 Å². The van der Waals surface area contributed by atoms with E-state index in [4.69, 9.17) is 22.3 Å². The van der Waals surface area contributed by atoms with E-state index in [2.05, 4.69) is 5.32 Å². The third-order valence-electron chi connectivity index (χ3n) is 7.67. The fraction of sp³-hybridized carbons (Fsp3) is 0.448. The summed E-state index contributed by atoms with van der Waals surface area (Å²) in [5, 5.41) is 3.50. The first-order chi connectivity index (χ1) is 17.6. The molecule has 0 aromatic heterocycles. The summed E-state index contributed by atoms with van der Waals surface area (Å²) in [6, 6.07) is 14.7.